The molecule has 4 heterocycles. The van der Waals surface area contributed by atoms with Gasteiger partial charge in [-0.2, -0.15) is 4.52 Å². The molecule has 2 aromatic rings. The van der Waals surface area contributed by atoms with E-state index < -0.39 is 0 Å². The zero-order valence-electron chi connectivity index (χ0n) is 13.9. The third kappa shape index (κ3) is 2.17. The Morgan fingerprint density at radius 1 is 1.30 bits per heavy atom. The third-order valence-corrected chi connectivity index (χ3v) is 4.96. The van der Waals surface area contributed by atoms with Crippen LogP contribution in [-0.4, -0.2) is 56.3 Å². The number of β-lactam (4-membered cyclic amide) rings is 1. The van der Waals surface area contributed by atoms with Crippen molar-refractivity contribution in [2.24, 2.45) is 5.41 Å². The third-order valence-electron chi connectivity index (χ3n) is 4.96. The predicted molar refractivity (Wildman–Crippen MR) is 86.3 cm³/mol. The van der Waals surface area contributed by atoms with E-state index in [2.05, 4.69) is 20.2 Å². The van der Waals surface area contributed by atoms with Crippen LogP contribution in [0, 0.1) is 5.41 Å². The largest absolute Gasteiger partial charge is 0.353 e. The molecule has 0 spiro atoms. The Hall–Kier alpha value is -2.18. The van der Waals surface area contributed by atoms with Gasteiger partial charge < -0.3 is 9.80 Å². The van der Waals surface area contributed by atoms with Crippen LogP contribution in [0.2, 0.25) is 0 Å². The molecule has 1 amide bonds. The van der Waals surface area contributed by atoms with Crippen molar-refractivity contribution in [2.75, 3.05) is 24.5 Å². The number of rotatable bonds is 3. The van der Waals surface area contributed by atoms with E-state index in [1.807, 2.05) is 42.3 Å². The lowest BCUT2D eigenvalue weighted by Crippen LogP contribution is -2.62. The molecule has 1 unspecified atom stereocenters. The van der Waals surface area contributed by atoms with Gasteiger partial charge >= 0.3 is 0 Å². The van der Waals surface area contributed by atoms with Crippen molar-refractivity contribution in [3.05, 3.63) is 18.0 Å². The van der Waals surface area contributed by atoms with Gasteiger partial charge in [0.05, 0.1) is 11.5 Å². The average Bonchev–Trinajstić information content (AvgIpc) is 3.18. The maximum Gasteiger partial charge on any atom is 0.230 e. The van der Waals surface area contributed by atoms with Crippen molar-refractivity contribution >= 4 is 17.4 Å². The molecule has 2 aliphatic heterocycles. The summed E-state index contributed by atoms with van der Waals surface area (Å²) in [6.45, 7) is 8.73. The van der Waals surface area contributed by atoms with Crippen LogP contribution in [-0.2, 0) is 11.2 Å². The van der Waals surface area contributed by atoms with E-state index in [1.54, 1.807) is 0 Å². The maximum absolute atomic E-state index is 12.2. The van der Waals surface area contributed by atoms with Crippen LogP contribution in [0.5, 0.6) is 0 Å². The molecular weight excluding hydrogens is 292 g/mol. The Kier molecular flexibility index (Phi) is 3.08. The van der Waals surface area contributed by atoms with Crippen LogP contribution in [0.15, 0.2) is 12.1 Å². The fraction of sp³-hybridized carbons (Fsp3) is 0.625. The van der Waals surface area contributed by atoms with E-state index in [0.717, 1.165) is 49.8 Å². The average molecular weight is 314 g/mol. The zero-order chi connectivity index (χ0) is 16.2. The smallest absolute Gasteiger partial charge is 0.230 e. The predicted octanol–water partition coefficient (Wildman–Crippen LogP) is 1.13. The van der Waals surface area contributed by atoms with Crippen molar-refractivity contribution in [3.8, 4) is 0 Å². The molecule has 0 aromatic carbocycles. The summed E-state index contributed by atoms with van der Waals surface area (Å²) in [5.41, 5.74) is 0.601. The Morgan fingerprint density at radius 3 is 2.83 bits per heavy atom. The van der Waals surface area contributed by atoms with Crippen molar-refractivity contribution in [3.63, 3.8) is 0 Å². The summed E-state index contributed by atoms with van der Waals surface area (Å²) < 4.78 is 1.82. The highest BCUT2D eigenvalue weighted by atomic mass is 16.2. The monoisotopic (exact) mass is 314 g/mol. The van der Waals surface area contributed by atoms with Gasteiger partial charge in [-0.3, -0.25) is 4.79 Å². The highest BCUT2D eigenvalue weighted by Gasteiger charge is 2.48. The van der Waals surface area contributed by atoms with Crippen molar-refractivity contribution in [1.29, 1.82) is 0 Å². The normalized spacial score (nSPS) is 23.6. The lowest BCUT2D eigenvalue weighted by molar-refractivity contribution is -0.160. The number of carbonyl (C=O) groups excluding carboxylic acids is 1. The molecule has 7 heteroatoms. The second-order valence-electron chi connectivity index (χ2n) is 7.14. The molecule has 7 nitrogen and oxygen atoms in total. The molecule has 23 heavy (non-hydrogen) atoms. The maximum atomic E-state index is 12.2. The number of fused-ring (bicyclic) bond motifs is 1. The summed E-state index contributed by atoms with van der Waals surface area (Å²) in [4.78, 5) is 16.5. The Morgan fingerprint density at radius 2 is 2.13 bits per heavy atom. The summed E-state index contributed by atoms with van der Waals surface area (Å²) in [6, 6.07) is 4.26. The van der Waals surface area contributed by atoms with E-state index in [4.69, 9.17) is 0 Å². The highest BCUT2D eigenvalue weighted by molar-refractivity contribution is 5.88. The van der Waals surface area contributed by atoms with E-state index in [1.165, 1.54) is 0 Å². The standard InChI is InChI=1S/C16H22N6O/c1-4-12-17-18-13-5-6-14(19-22(12)13)20-8-7-11(9-20)21-10-16(2,3)15(21)23/h5-6,11H,4,7-10H2,1-3H3. The minimum Gasteiger partial charge on any atom is -0.353 e. The second kappa shape index (κ2) is 4.91. The molecule has 2 fully saturated rings. The minimum atomic E-state index is -0.177. The van der Waals surface area contributed by atoms with Crippen molar-refractivity contribution in [2.45, 2.75) is 39.7 Å². The number of nitrogens with zero attached hydrogens (tertiary/aromatic N) is 6. The van der Waals surface area contributed by atoms with Crippen molar-refractivity contribution < 1.29 is 4.79 Å². The van der Waals surface area contributed by atoms with Crippen LogP contribution < -0.4 is 4.90 Å². The first-order valence-corrected chi connectivity index (χ1v) is 8.27. The van der Waals surface area contributed by atoms with Gasteiger partial charge in [0.15, 0.2) is 11.5 Å². The van der Waals surface area contributed by atoms with Crippen LogP contribution in [0.25, 0.3) is 5.65 Å². The first kappa shape index (κ1) is 14.4. The van der Waals surface area contributed by atoms with Gasteiger partial charge in [-0.05, 0) is 32.4 Å². The second-order valence-corrected chi connectivity index (χ2v) is 7.14. The number of amides is 1. The number of likely N-dealkylation sites (tertiary alicyclic amines) is 1. The van der Waals surface area contributed by atoms with Gasteiger partial charge in [0, 0.05) is 26.1 Å². The molecule has 122 valence electrons. The molecule has 2 aromatic heterocycles. The number of anilines is 1. The van der Waals surface area contributed by atoms with Crippen LogP contribution >= 0.6 is 0 Å². The lowest BCUT2D eigenvalue weighted by Gasteiger charge is -2.47. The summed E-state index contributed by atoms with van der Waals surface area (Å²) in [7, 11) is 0. The Bertz CT molecular complexity index is 767. The summed E-state index contributed by atoms with van der Waals surface area (Å²) in [5.74, 6) is 2.08. The number of hydrogen-bond acceptors (Lipinski definition) is 5. The van der Waals surface area contributed by atoms with Crippen LogP contribution in [0.3, 0.4) is 0 Å². The van der Waals surface area contributed by atoms with Crippen LogP contribution in [0.1, 0.15) is 33.0 Å². The van der Waals surface area contributed by atoms with Gasteiger partial charge in [-0.25, -0.2) is 0 Å². The molecule has 0 aliphatic carbocycles. The van der Waals surface area contributed by atoms with Gasteiger partial charge in [-0.1, -0.05) is 6.92 Å². The van der Waals surface area contributed by atoms with E-state index in [-0.39, 0.29) is 11.3 Å². The molecule has 1 atom stereocenters. The molecule has 2 aliphatic rings. The Labute approximate surface area is 135 Å². The lowest BCUT2D eigenvalue weighted by atomic mass is 9.82. The zero-order valence-corrected chi connectivity index (χ0v) is 13.9. The fourth-order valence-electron chi connectivity index (χ4n) is 3.57. The van der Waals surface area contributed by atoms with Gasteiger partial charge in [0.25, 0.3) is 0 Å². The first-order chi connectivity index (χ1) is 11.0. The van der Waals surface area contributed by atoms with Gasteiger partial charge in [0.2, 0.25) is 5.91 Å². The number of aromatic nitrogens is 4. The fourth-order valence-corrected chi connectivity index (χ4v) is 3.57. The van der Waals surface area contributed by atoms with Gasteiger partial charge in [0.1, 0.15) is 5.82 Å². The van der Waals surface area contributed by atoms with Crippen molar-refractivity contribution in [1.82, 2.24) is 24.7 Å². The SMILES string of the molecule is CCc1nnc2ccc(N3CCC(N4CC(C)(C)C4=O)C3)nn12. The van der Waals surface area contributed by atoms with E-state index in [0.29, 0.717) is 6.04 Å². The number of carbonyl (C=O) groups is 1. The molecule has 4 rings (SSSR count). The van der Waals surface area contributed by atoms with Gasteiger partial charge in [-0.15, -0.1) is 15.3 Å². The quantitative estimate of drug-likeness (QED) is 0.795. The summed E-state index contributed by atoms with van der Waals surface area (Å²) >= 11 is 0. The number of hydrogen-bond donors (Lipinski definition) is 0. The molecule has 0 bridgehead atoms. The first-order valence-electron chi connectivity index (χ1n) is 8.27. The minimum absolute atomic E-state index is 0.177. The molecule has 2 saturated heterocycles. The number of aryl methyl sites for hydroxylation is 1. The van der Waals surface area contributed by atoms with E-state index in [9.17, 15) is 4.79 Å². The summed E-state index contributed by atoms with van der Waals surface area (Å²) in [5, 5.41) is 13.0. The molecule has 0 N–H and O–H groups in total. The topological polar surface area (TPSA) is 66.6 Å². The molecular formula is C16H22N6O. The molecule has 0 radical (unpaired) electrons. The highest BCUT2D eigenvalue weighted by Crippen LogP contribution is 2.35. The Balaban J connectivity index is 1.53. The van der Waals surface area contributed by atoms with E-state index >= 15 is 0 Å². The summed E-state index contributed by atoms with van der Waals surface area (Å²) in [6.07, 6.45) is 1.81. The van der Waals surface area contributed by atoms with Crippen LogP contribution in [0.4, 0.5) is 5.82 Å². The molecule has 0 saturated carbocycles.